The number of aryl methyl sites for hydroxylation is 1. The highest BCUT2D eigenvalue weighted by Gasteiger charge is 2.07. The second-order valence-corrected chi connectivity index (χ2v) is 5.18. The molecule has 1 aromatic heterocycles. The minimum atomic E-state index is 0.842. The second-order valence-electron chi connectivity index (χ2n) is 5.18. The van der Waals surface area contributed by atoms with Crippen LogP contribution in [0.2, 0.25) is 0 Å². The quantitative estimate of drug-likeness (QED) is 0.675. The fourth-order valence-electron chi connectivity index (χ4n) is 2.33. The standard InChI is InChI=1S/C17H24N4/c1-18-17(19-12-11-15-8-5-4-6-9-15)21(3)14-16-10-7-13-20(16)2/h4-10,13H,11-12,14H2,1-3H3,(H,18,19). The van der Waals surface area contributed by atoms with Crippen molar-refractivity contribution in [3.8, 4) is 0 Å². The van der Waals surface area contributed by atoms with E-state index in [0.717, 1.165) is 25.5 Å². The third kappa shape index (κ3) is 4.38. The minimum Gasteiger partial charge on any atom is -0.356 e. The Morgan fingerprint density at radius 2 is 1.95 bits per heavy atom. The van der Waals surface area contributed by atoms with Crippen LogP contribution < -0.4 is 5.32 Å². The highest BCUT2D eigenvalue weighted by molar-refractivity contribution is 5.79. The third-order valence-corrected chi connectivity index (χ3v) is 3.56. The molecule has 1 heterocycles. The zero-order valence-corrected chi connectivity index (χ0v) is 13.1. The number of guanidine groups is 1. The first-order valence-electron chi connectivity index (χ1n) is 7.26. The van der Waals surface area contributed by atoms with Crippen LogP contribution in [0.4, 0.5) is 0 Å². The largest absolute Gasteiger partial charge is 0.356 e. The van der Waals surface area contributed by atoms with Gasteiger partial charge in [-0.1, -0.05) is 30.3 Å². The van der Waals surface area contributed by atoms with Gasteiger partial charge in [0.25, 0.3) is 0 Å². The van der Waals surface area contributed by atoms with Crippen LogP contribution >= 0.6 is 0 Å². The molecule has 0 amide bonds. The van der Waals surface area contributed by atoms with E-state index in [4.69, 9.17) is 0 Å². The molecular weight excluding hydrogens is 260 g/mol. The molecule has 4 nitrogen and oxygen atoms in total. The number of aromatic nitrogens is 1. The van der Waals surface area contributed by atoms with E-state index in [-0.39, 0.29) is 0 Å². The molecule has 2 rings (SSSR count). The molecule has 112 valence electrons. The molecule has 0 saturated carbocycles. The highest BCUT2D eigenvalue weighted by atomic mass is 15.3. The first-order chi connectivity index (χ1) is 10.2. The molecule has 2 aromatic rings. The van der Waals surface area contributed by atoms with Crippen LogP contribution in [0.5, 0.6) is 0 Å². The lowest BCUT2D eigenvalue weighted by Gasteiger charge is -2.22. The highest BCUT2D eigenvalue weighted by Crippen LogP contribution is 2.04. The third-order valence-electron chi connectivity index (χ3n) is 3.56. The van der Waals surface area contributed by atoms with Gasteiger partial charge in [0.2, 0.25) is 0 Å². The van der Waals surface area contributed by atoms with Crippen LogP contribution in [-0.2, 0) is 20.0 Å². The van der Waals surface area contributed by atoms with Gasteiger partial charge in [0.1, 0.15) is 0 Å². The summed E-state index contributed by atoms with van der Waals surface area (Å²) in [6, 6.07) is 14.7. The van der Waals surface area contributed by atoms with Crippen LogP contribution in [0, 0.1) is 0 Å². The SMILES string of the molecule is CN=C(NCCc1ccccc1)N(C)Cc1cccn1C. The van der Waals surface area contributed by atoms with Crippen molar-refractivity contribution < 1.29 is 0 Å². The number of nitrogens with one attached hydrogen (secondary N) is 1. The number of nitrogens with zero attached hydrogens (tertiary/aromatic N) is 3. The van der Waals surface area contributed by atoms with Gasteiger partial charge in [-0.2, -0.15) is 0 Å². The summed E-state index contributed by atoms with van der Waals surface area (Å²) < 4.78 is 2.13. The van der Waals surface area contributed by atoms with Gasteiger partial charge in [-0.3, -0.25) is 4.99 Å². The molecule has 0 radical (unpaired) electrons. The monoisotopic (exact) mass is 284 g/mol. The summed E-state index contributed by atoms with van der Waals surface area (Å²) in [5, 5.41) is 3.42. The second kappa shape index (κ2) is 7.53. The molecule has 0 unspecified atom stereocenters. The van der Waals surface area contributed by atoms with Crippen molar-refractivity contribution in [1.29, 1.82) is 0 Å². The lowest BCUT2D eigenvalue weighted by atomic mass is 10.1. The Labute approximate surface area is 127 Å². The smallest absolute Gasteiger partial charge is 0.193 e. The average molecular weight is 284 g/mol. The van der Waals surface area contributed by atoms with E-state index in [1.807, 2.05) is 13.1 Å². The van der Waals surface area contributed by atoms with E-state index in [0.29, 0.717) is 0 Å². The van der Waals surface area contributed by atoms with E-state index in [2.05, 4.69) is 76.5 Å². The Kier molecular flexibility index (Phi) is 5.43. The van der Waals surface area contributed by atoms with E-state index < -0.39 is 0 Å². The molecule has 0 aliphatic heterocycles. The topological polar surface area (TPSA) is 32.6 Å². The summed E-state index contributed by atoms with van der Waals surface area (Å²) in [5.74, 6) is 0.923. The summed E-state index contributed by atoms with van der Waals surface area (Å²) in [5.41, 5.74) is 2.61. The van der Waals surface area contributed by atoms with Crippen molar-refractivity contribution in [2.75, 3.05) is 20.6 Å². The Balaban J connectivity index is 1.84. The number of hydrogen-bond acceptors (Lipinski definition) is 1. The van der Waals surface area contributed by atoms with Crippen molar-refractivity contribution in [2.24, 2.45) is 12.0 Å². The van der Waals surface area contributed by atoms with Gasteiger partial charge in [0.15, 0.2) is 5.96 Å². The molecule has 0 atom stereocenters. The fourth-order valence-corrected chi connectivity index (χ4v) is 2.33. The summed E-state index contributed by atoms with van der Waals surface area (Å²) in [4.78, 5) is 6.49. The predicted octanol–water partition coefficient (Wildman–Crippen LogP) is 2.28. The zero-order valence-electron chi connectivity index (χ0n) is 13.1. The molecule has 1 aromatic carbocycles. The molecule has 1 N–H and O–H groups in total. The molecule has 0 fully saturated rings. The van der Waals surface area contributed by atoms with Crippen molar-refractivity contribution in [1.82, 2.24) is 14.8 Å². The summed E-state index contributed by atoms with van der Waals surface area (Å²) in [7, 11) is 5.95. The first kappa shape index (κ1) is 15.2. The van der Waals surface area contributed by atoms with Gasteiger partial charge in [-0.15, -0.1) is 0 Å². The first-order valence-corrected chi connectivity index (χ1v) is 7.26. The zero-order chi connectivity index (χ0) is 15.1. The van der Waals surface area contributed by atoms with Crippen LogP contribution in [-0.4, -0.2) is 36.1 Å². The molecule has 0 saturated heterocycles. The molecule has 0 aliphatic carbocycles. The predicted molar refractivity (Wildman–Crippen MR) is 88.4 cm³/mol. The van der Waals surface area contributed by atoms with Gasteiger partial charge >= 0.3 is 0 Å². The Morgan fingerprint density at radius 3 is 2.57 bits per heavy atom. The van der Waals surface area contributed by atoms with Crippen LogP contribution in [0.3, 0.4) is 0 Å². The van der Waals surface area contributed by atoms with E-state index >= 15 is 0 Å². The molecule has 21 heavy (non-hydrogen) atoms. The van der Waals surface area contributed by atoms with Gasteiger partial charge in [0, 0.05) is 39.6 Å². The summed E-state index contributed by atoms with van der Waals surface area (Å²) >= 11 is 0. The fraction of sp³-hybridized carbons (Fsp3) is 0.353. The maximum Gasteiger partial charge on any atom is 0.193 e. The Hall–Kier alpha value is -2.23. The Bertz CT molecular complexity index is 571. The van der Waals surface area contributed by atoms with E-state index in [1.54, 1.807) is 0 Å². The number of benzene rings is 1. The average Bonchev–Trinajstić information content (AvgIpc) is 2.90. The normalized spacial score (nSPS) is 11.5. The maximum absolute atomic E-state index is 4.35. The van der Waals surface area contributed by atoms with Crippen LogP contribution in [0.15, 0.2) is 53.7 Å². The summed E-state index contributed by atoms with van der Waals surface area (Å²) in [6.45, 7) is 1.72. The van der Waals surface area contributed by atoms with Crippen molar-refractivity contribution in [2.45, 2.75) is 13.0 Å². The van der Waals surface area contributed by atoms with Crippen molar-refractivity contribution in [3.05, 3.63) is 59.9 Å². The Morgan fingerprint density at radius 1 is 1.19 bits per heavy atom. The minimum absolute atomic E-state index is 0.842. The van der Waals surface area contributed by atoms with Crippen LogP contribution in [0.1, 0.15) is 11.3 Å². The maximum atomic E-state index is 4.35. The molecule has 0 bridgehead atoms. The van der Waals surface area contributed by atoms with Crippen molar-refractivity contribution in [3.63, 3.8) is 0 Å². The lowest BCUT2D eigenvalue weighted by molar-refractivity contribution is 0.462. The van der Waals surface area contributed by atoms with Crippen LogP contribution in [0.25, 0.3) is 0 Å². The molecule has 0 spiro atoms. The molecular formula is C17H24N4. The molecule has 4 heteroatoms. The lowest BCUT2D eigenvalue weighted by Crippen LogP contribution is -2.39. The van der Waals surface area contributed by atoms with E-state index in [1.165, 1.54) is 11.3 Å². The number of rotatable bonds is 5. The molecule has 0 aliphatic rings. The number of hydrogen-bond donors (Lipinski definition) is 1. The van der Waals surface area contributed by atoms with Gasteiger partial charge < -0.3 is 14.8 Å². The van der Waals surface area contributed by atoms with E-state index in [9.17, 15) is 0 Å². The van der Waals surface area contributed by atoms with Gasteiger partial charge in [0.05, 0.1) is 6.54 Å². The van der Waals surface area contributed by atoms with Crippen molar-refractivity contribution >= 4 is 5.96 Å². The number of aliphatic imine (C=N–C) groups is 1. The van der Waals surface area contributed by atoms with Gasteiger partial charge in [-0.25, -0.2) is 0 Å². The van der Waals surface area contributed by atoms with Gasteiger partial charge in [-0.05, 0) is 24.1 Å². The summed E-state index contributed by atoms with van der Waals surface area (Å²) in [6.07, 6.45) is 3.06.